The largest absolute Gasteiger partial charge is 0.334 e. The molecule has 24 heavy (non-hydrogen) atoms. The Balaban J connectivity index is 1.50. The van der Waals surface area contributed by atoms with Crippen molar-refractivity contribution in [3.8, 4) is 0 Å². The molecule has 1 heterocycles. The first-order valence-corrected chi connectivity index (χ1v) is 8.14. The van der Waals surface area contributed by atoms with Crippen molar-refractivity contribution in [1.82, 2.24) is 10.6 Å². The summed E-state index contributed by atoms with van der Waals surface area (Å²) in [6.45, 7) is 0.892. The summed E-state index contributed by atoms with van der Waals surface area (Å²) in [4.78, 5) is 25.8. The highest BCUT2D eigenvalue weighted by Gasteiger charge is 2.31. The quantitative estimate of drug-likeness (QED) is 0.896. The van der Waals surface area contributed by atoms with Crippen LogP contribution < -0.4 is 15.5 Å². The van der Waals surface area contributed by atoms with Crippen LogP contribution in [0, 0.1) is 0 Å². The Morgan fingerprint density at radius 1 is 1.12 bits per heavy atom. The number of anilines is 1. The number of amides is 3. The molecule has 124 valence electrons. The molecular weight excluding hydrogens is 326 g/mol. The van der Waals surface area contributed by atoms with E-state index in [0.29, 0.717) is 24.5 Å². The average Bonchev–Trinajstić information content (AvgIpc) is 2.95. The van der Waals surface area contributed by atoms with Crippen LogP contribution in [-0.4, -0.2) is 24.5 Å². The van der Waals surface area contributed by atoms with Crippen molar-refractivity contribution in [2.24, 2.45) is 0 Å². The second-order valence-corrected chi connectivity index (χ2v) is 6.13. The van der Waals surface area contributed by atoms with E-state index in [1.165, 1.54) is 0 Å². The molecule has 1 fully saturated rings. The summed E-state index contributed by atoms with van der Waals surface area (Å²) in [6.07, 6.45) is 0.309. The maximum absolute atomic E-state index is 12.1. The normalized spacial score (nSPS) is 17.0. The molecule has 1 saturated heterocycles. The van der Waals surface area contributed by atoms with Crippen molar-refractivity contribution in [1.29, 1.82) is 0 Å². The van der Waals surface area contributed by atoms with Crippen LogP contribution in [0.3, 0.4) is 0 Å². The van der Waals surface area contributed by atoms with Crippen LogP contribution in [0.25, 0.3) is 0 Å². The Morgan fingerprint density at radius 2 is 1.83 bits per heavy atom. The zero-order valence-electron chi connectivity index (χ0n) is 13.0. The molecule has 0 spiro atoms. The first-order chi connectivity index (χ1) is 11.6. The molecule has 1 aliphatic rings. The van der Waals surface area contributed by atoms with Gasteiger partial charge in [0, 0.05) is 30.2 Å². The van der Waals surface area contributed by atoms with E-state index in [1.807, 2.05) is 42.5 Å². The number of nitrogens with zero attached hydrogens (tertiary/aromatic N) is 1. The summed E-state index contributed by atoms with van der Waals surface area (Å²) in [5.74, 6) is 0.0178. The third-order valence-corrected chi connectivity index (χ3v) is 4.15. The fraction of sp³-hybridized carbons (Fsp3) is 0.222. The maximum Gasteiger partial charge on any atom is 0.315 e. The summed E-state index contributed by atoms with van der Waals surface area (Å²) >= 11 is 5.83. The summed E-state index contributed by atoms with van der Waals surface area (Å²) in [7, 11) is 0. The minimum Gasteiger partial charge on any atom is -0.334 e. The Bertz CT molecular complexity index is 719. The lowest BCUT2D eigenvalue weighted by Gasteiger charge is -2.17. The fourth-order valence-corrected chi connectivity index (χ4v) is 2.81. The van der Waals surface area contributed by atoms with Gasteiger partial charge in [-0.1, -0.05) is 41.9 Å². The van der Waals surface area contributed by atoms with Gasteiger partial charge in [0.1, 0.15) is 0 Å². The Hall–Kier alpha value is -2.53. The molecule has 0 unspecified atom stereocenters. The third-order valence-electron chi connectivity index (χ3n) is 3.89. The lowest BCUT2D eigenvalue weighted by atomic mass is 10.2. The van der Waals surface area contributed by atoms with E-state index in [0.717, 1.165) is 11.3 Å². The summed E-state index contributed by atoms with van der Waals surface area (Å²) in [5, 5.41) is 6.30. The van der Waals surface area contributed by atoms with Crippen molar-refractivity contribution >= 4 is 29.2 Å². The molecule has 0 bridgehead atoms. The van der Waals surface area contributed by atoms with Crippen LogP contribution >= 0.6 is 11.6 Å². The number of hydrogen-bond donors (Lipinski definition) is 2. The molecule has 1 aliphatic heterocycles. The van der Waals surface area contributed by atoms with Gasteiger partial charge in [0.2, 0.25) is 5.91 Å². The van der Waals surface area contributed by atoms with E-state index < -0.39 is 0 Å². The predicted molar refractivity (Wildman–Crippen MR) is 94.0 cm³/mol. The number of hydrogen-bond acceptors (Lipinski definition) is 2. The second-order valence-electron chi connectivity index (χ2n) is 5.69. The van der Waals surface area contributed by atoms with Gasteiger partial charge in [0.15, 0.2) is 0 Å². The zero-order valence-corrected chi connectivity index (χ0v) is 13.8. The van der Waals surface area contributed by atoms with E-state index in [2.05, 4.69) is 10.6 Å². The van der Waals surface area contributed by atoms with E-state index in [-0.39, 0.29) is 18.0 Å². The topological polar surface area (TPSA) is 61.4 Å². The third kappa shape index (κ3) is 4.06. The molecule has 0 aromatic heterocycles. The molecular formula is C18H18ClN3O2. The highest BCUT2D eigenvalue weighted by atomic mass is 35.5. The summed E-state index contributed by atoms with van der Waals surface area (Å²) in [6, 6.07) is 16.3. The number of carbonyl (C=O) groups excluding carboxylic acids is 2. The standard InChI is InChI=1S/C18H18ClN3O2/c19-14-8-6-13(7-9-14)11-20-18(24)21-15-10-17(23)22(12-15)16-4-2-1-3-5-16/h1-9,15H,10-12H2,(H2,20,21,24)/t15-/m0/s1. The van der Waals surface area contributed by atoms with Crippen LogP contribution in [-0.2, 0) is 11.3 Å². The van der Waals surface area contributed by atoms with Crippen LogP contribution in [0.1, 0.15) is 12.0 Å². The van der Waals surface area contributed by atoms with Gasteiger partial charge in [-0.15, -0.1) is 0 Å². The Labute approximate surface area is 145 Å². The average molecular weight is 344 g/mol. The van der Waals surface area contributed by atoms with E-state index >= 15 is 0 Å². The van der Waals surface area contributed by atoms with Gasteiger partial charge in [-0.05, 0) is 29.8 Å². The Kier molecular flexibility index (Phi) is 5.01. The van der Waals surface area contributed by atoms with Crippen LogP contribution in [0.5, 0.6) is 0 Å². The molecule has 3 rings (SSSR count). The number of benzene rings is 2. The number of rotatable bonds is 4. The number of halogens is 1. The van der Waals surface area contributed by atoms with Gasteiger partial charge < -0.3 is 15.5 Å². The molecule has 6 heteroatoms. The molecule has 0 radical (unpaired) electrons. The predicted octanol–water partition coefficient (Wildman–Crippen LogP) is 2.94. The minimum atomic E-state index is -0.280. The molecule has 0 aliphatic carbocycles. The molecule has 0 saturated carbocycles. The molecule has 3 amide bonds. The van der Waals surface area contributed by atoms with Gasteiger partial charge >= 0.3 is 6.03 Å². The fourth-order valence-electron chi connectivity index (χ4n) is 2.68. The monoisotopic (exact) mass is 343 g/mol. The number of carbonyl (C=O) groups is 2. The lowest BCUT2D eigenvalue weighted by molar-refractivity contribution is -0.117. The van der Waals surface area contributed by atoms with E-state index in [1.54, 1.807) is 17.0 Å². The summed E-state index contributed by atoms with van der Waals surface area (Å²) in [5.41, 5.74) is 1.82. The first-order valence-electron chi connectivity index (χ1n) is 7.76. The Morgan fingerprint density at radius 3 is 2.54 bits per heavy atom. The van der Waals surface area contributed by atoms with Crippen molar-refractivity contribution in [3.05, 3.63) is 65.2 Å². The molecule has 5 nitrogen and oxygen atoms in total. The SMILES string of the molecule is O=C(NCc1ccc(Cl)cc1)N[C@H]1CC(=O)N(c2ccccc2)C1. The van der Waals surface area contributed by atoms with Crippen LogP contribution in [0.4, 0.5) is 10.5 Å². The van der Waals surface area contributed by atoms with Gasteiger partial charge in [-0.25, -0.2) is 4.79 Å². The lowest BCUT2D eigenvalue weighted by Crippen LogP contribution is -2.43. The van der Waals surface area contributed by atoms with Crippen LogP contribution in [0.2, 0.25) is 5.02 Å². The molecule has 2 N–H and O–H groups in total. The van der Waals surface area contributed by atoms with E-state index in [9.17, 15) is 9.59 Å². The van der Waals surface area contributed by atoms with Gasteiger partial charge in [0.05, 0.1) is 6.04 Å². The second kappa shape index (κ2) is 7.36. The molecule has 1 atom stereocenters. The smallest absolute Gasteiger partial charge is 0.315 e. The minimum absolute atomic E-state index is 0.0178. The zero-order chi connectivity index (χ0) is 16.9. The van der Waals surface area contributed by atoms with Crippen molar-refractivity contribution < 1.29 is 9.59 Å². The van der Waals surface area contributed by atoms with Gasteiger partial charge in [0.25, 0.3) is 0 Å². The number of para-hydroxylation sites is 1. The number of urea groups is 1. The highest BCUT2D eigenvalue weighted by Crippen LogP contribution is 2.20. The van der Waals surface area contributed by atoms with Crippen molar-refractivity contribution in [3.63, 3.8) is 0 Å². The maximum atomic E-state index is 12.1. The highest BCUT2D eigenvalue weighted by molar-refractivity contribution is 6.30. The molecule has 2 aromatic carbocycles. The van der Waals surface area contributed by atoms with E-state index in [4.69, 9.17) is 11.6 Å². The van der Waals surface area contributed by atoms with Gasteiger partial charge in [-0.2, -0.15) is 0 Å². The van der Waals surface area contributed by atoms with Gasteiger partial charge in [-0.3, -0.25) is 4.79 Å². The summed E-state index contributed by atoms with van der Waals surface area (Å²) < 4.78 is 0. The van der Waals surface area contributed by atoms with Crippen LogP contribution in [0.15, 0.2) is 54.6 Å². The first kappa shape index (κ1) is 16.3. The molecule has 2 aromatic rings. The van der Waals surface area contributed by atoms with Crippen molar-refractivity contribution in [2.75, 3.05) is 11.4 Å². The van der Waals surface area contributed by atoms with Crippen molar-refractivity contribution in [2.45, 2.75) is 19.0 Å². The number of nitrogens with one attached hydrogen (secondary N) is 2.